The second-order valence-electron chi connectivity index (χ2n) is 10.4. The van der Waals surface area contributed by atoms with Crippen molar-refractivity contribution >= 4 is 12.7 Å². The molecule has 4 nitrogen and oxygen atoms in total. The Kier molecular flexibility index (Phi) is 8.20. The van der Waals surface area contributed by atoms with Gasteiger partial charge in [0.25, 0.3) is 0 Å². The molecule has 3 aromatic carbocycles. The molecule has 0 spiro atoms. The monoisotopic (exact) mass is 522 g/mol. The zero-order valence-electron chi connectivity index (χ0n) is 22.8. The van der Waals surface area contributed by atoms with Crippen molar-refractivity contribution in [2.75, 3.05) is 19.0 Å². The Morgan fingerprint density at radius 1 is 0.658 bits per heavy atom. The molecule has 5 rings (SSSR count). The van der Waals surface area contributed by atoms with Crippen molar-refractivity contribution in [3.05, 3.63) is 103 Å². The molecule has 0 saturated heterocycles. The predicted octanol–water partition coefficient (Wildman–Crippen LogP) is 8.00. The molecule has 0 aliphatic carbocycles. The van der Waals surface area contributed by atoms with Gasteiger partial charge in [0.2, 0.25) is 0 Å². The van der Waals surface area contributed by atoms with Gasteiger partial charge in [-0.2, -0.15) is 0 Å². The van der Waals surface area contributed by atoms with Crippen molar-refractivity contribution in [1.82, 2.24) is 19.6 Å². The van der Waals surface area contributed by atoms with Crippen LogP contribution >= 0.6 is 7.26 Å². The second kappa shape index (κ2) is 11.9. The fourth-order valence-electron chi connectivity index (χ4n) is 5.47. The average Bonchev–Trinajstić information content (AvgIpc) is 3.62. The van der Waals surface area contributed by atoms with Gasteiger partial charge < -0.3 is 0 Å². The number of nitrogens with zero attached hydrogens (tertiary/aromatic N) is 4. The van der Waals surface area contributed by atoms with Gasteiger partial charge in [0.1, 0.15) is 0 Å². The number of rotatable bonds is 11. The van der Waals surface area contributed by atoms with E-state index in [1.807, 2.05) is 6.20 Å². The van der Waals surface area contributed by atoms with Gasteiger partial charge in [-0.1, -0.05) is 0 Å². The fourth-order valence-corrected chi connectivity index (χ4v) is 9.65. The van der Waals surface area contributed by atoms with Crippen LogP contribution in [0.4, 0.5) is 0 Å². The van der Waals surface area contributed by atoms with E-state index in [2.05, 4.69) is 127 Å². The van der Waals surface area contributed by atoms with E-state index in [0.717, 1.165) is 33.9 Å². The molecular formula is C33H39N4P. The van der Waals surface area contributed by atoms with E-state index in [4.69, 9.17) is 10.2 Å². The molecule has 0 aliphatic rings. The molecule has 0 unspecified atom stereocenters. The van der Waals surface area contributed by atoms with Crippen LogP contribution in [0.5, 0.6) is 0 Å². The molecule has 0 N–H and O–H groups in total. The normalized spacial score (nSPS) is 12.1. The van der Waals surface area contributed by atoms with Crippen LogP contribution in [-0.2, 0) is 0 Å². The van der Waals surface area contributed by atoms with Gasteiger partial charge in [0.05, 0.1) is 0 Å². The molecule has 196 valence electrons. The maximum absolute atomic E-state index is 5.30. The number of hydrogen-bond acceptors (Lipinski definition) is 2. The first-order valence-electron chi connectivity index (χ1n) is 14.0. The molecule has 0 radical (unpaired) electrons. The number of para-hydroxylation sites is 1. The van der Waals surface area contributed by atoms with Crippen molar-refractivity contribution < 1.29 is 0 Å². The number of unbranched alkanes of at least 4 members (excludes halogenated alkanes) is 2. The summed E-state index contributed by atoms with van der Waals surface area (Å²) in [5.41, 5.74) is 7.78. The summed E-state index contributed by atoms with van der Waals surface area (Å²) >= 11 is 0. The van der Waals surface area contributed by atoms with Gasteiger partial charge in [0, 0.05) is 0 Å². The Balaban J connectivity index is 1.82. The van der Waals surface area contributed by atoms with Crippen molar-refractivity contribution in [2.24, 2.45) is 0 Å². The summed E-state index contributed by atoms with van der Waals surface area (Å²) in [5.74, 6) is 0. The van der Waals surface area contributed by atoms with E-state index in [1.54, 1.807) is 0 Å². The van der Waals surface area contributed by atoms with Gasteiger partial charge in [-0.25, -0.2) is 0 Å². The first-order chi connectivity index (χ1) is 18.7. The average molecular weight is 523 g/mol. The van der Waals surface area contributed by atoms with Gasteiger partial charge in [-0.05, 0) is 0 Å². The van der Waals surface area contributed by atoms with Crippen LogP contribution in [0.15, 0.2) is 103 Å². The molecule has 5 aromatic rings. The third-order valence-corrected chi connectivity index (χ3v) is 12.1. The number of benzene rings is 3. The molecule has 2 heterocycles. The van der Waals surface area contributed by atoms with Crippen molar-refractivity contribution in [3.8, 4) is 33.9 Å². The first-order valence-corrected chi connectivity index (χ1v) is 16.9. The third-order valence-electron chi connectivity index (χ3n) is 7.59. The van der Waals surface area contributed by atoms with E-state index < -0.39 is 7.26 Å². The van der Waals surface area contributed by atoms with Crippen molar-refractivity contribution in [1.29, 1.82) is 0 Å². The summed E-state index contributed by atoms with van der Waals surface area (Å²) in [5, 5.41) is 10.3. The van der Waals surface area contributed by atoms with E-state index in [0.29, 0.717) is 0 Å². The summed E-state index contributed by atoms with van der Waals surface area (Å²) in [7, 11) is -1.80. The van der Waals surface area contributed by atoms with Crippen molar-refractivity contribution in [3.63, 3.8) is 0 Å². The molecule has 0 aliphatic heterocycles. The summed E-state index contributed by atoms with van der Waals surface area (Å²) in [6.07, 6.45) is 9.53. The van der Waals surface area contributed by atoms with E-state index in [9.17, 15) is 0 Å². The molecule has 38 heavy (non-hydrogen) atoms. The number of aromatic nitrogens is 4. The van der Waals surface area contributed by atoms with Crippen LogP contribution in [0.3, 0.4) is 0 Å². The van der Waals surface area contributed by atoms with E-state index in [-0.39, 0.29) is 0 Å². The molecule has 0 amide bonds. The summed E-state index contributed by atoms with van der Waals surface area (Å²) in [6, 6.07) is 34.0. The van der Waals surface area contributed by atoms with Crippen molar-refractivity contribution in [2.45, 2.75) is 39.5 Å². The second-order valence-corrected chi connectivity index (χ2v) is 15.1. The van der Waals surface area contributed by atoms with Gasteiger partial charge in [-0.15, -0.1) is 0 Å². The molecule has 0 bridgehead atoms. The van der Waals surface area contributed by atoms with E-state index >= 15 is 0 Å². The minimum absolute atomic E-state index is 0.959. The van der Waals surface area contributed by atoms with Crippen LogP contribution in [-0.4, -0.2) is 38.5 Å². The Morgan fingerprint density at radius 3 is 1.79 bits per heavy atom. The van der Waals surface area contributed by atoms with Gasteiger partial charge >= 0.3 is 228 Å². The maximum atomic E-state index is 5.30. The summed E-state index contributed by atoms with van der Waals surface area (Å²) in [4.78, 5) is 0. The Bertz CT molecular complexity index is 1430. The standard InChI is InChI=1S/C33H39N4P/c1-4-6-25-38(3,26-7-5-2)30-23-24-34-37(30)33-31(27-17-11-8-12-18-27)35-36(29-21-15-10-16-22-29)32(33)28-19-13-9-14-20-28/h8-24,38H,4-7,25-26H2,1-3H3. The third kappa shape index (κ3) is 5.24. The molecule has 0 atom stereocenters. The van der Waals surface area contributed by atoms with Gasteiger partial charge in [0.15, 0.2) is 0 Å². The molecule has 5 heteroatoms. The molecule has 0 fully saturated rings. The van der Waals surface area contributed by atoms with Crippen LogP contribution in [0.1, 0.15) is 39.5 Å². The molecular weight excluding hydrogens is 483 g/mol. The zero-order chi connectivity index (χ0) is 26.4. The fraction of sp³-hybridized carbons (Fsp3) is 0.273. The number of hydrogen-bond donors (Lipinski definition) is 0. The Labute approximate surface area is 227 Å². The van der Waals surface area contributed by atoms with Crippen LogP contribution in [0.2, 0.25) is 0 Å². The Morgan fingerprint density at radius 2 is 1.21 bits per heavy atom. The van der Waals surface area contributed by atoms with Crippen LogP contribution < -0.4 is 5.44 Å². The van der Waals surface area contributed by atoms with Crippen LogP contribution in [0, 0.1) is 0 Å². The quantitative estimate of drug-likeness (QED) is 0.165. The van der Waals surface area contributed by atoms with Crippen LogP contribution in [0.25, 0.3) is 33.9 Å². The van der Waals surface area contributed by atoms with E-state index in [1.165, 1.54) is 43.4 Å². The zero-order valence-corrected chi connectivity index (χ0v) is 23.8. The summed E-state index contributed by atoms with van der Waals surface area (Å²) in [6.45, 7) is 7.17. The van der Waals surface area contributed by atoms with Gasteiger partial charge in [-0.3, -0.25) is 0 Å². The SMILES string of the molecule is CCCC[PH](C)(CCCC)c1ccnn1-c1c(-c2ccccc2)nn(-c2ccccc2)c1-c1ccccc1. The molecule has 2 aromatic heterocycles. The summed E-state index contributed by atoms with van der Waals surface area (Å²) < 4.78 is 4.37. The minimum atomic E-state index is -1.80. The predicted molar refractivity (Wildman–Crippen MR) is 165 cm³/mol. The topological polar surface area (TPSA) is 35.6 Å². The molecule has 0 saturated carbocycles. The Hall–Kier alpha value is -3.49. The first kappa shape index (κ1) is 26.1.